The van der Waals surface area contributed by atoms with E-state index in [1.807, 2.05) is 0 Å². The fraction of sp³-hybridized carbons (Fsp3) is 0.917. The molecule has 0 aromatic carbocycles. The first kappa shape index (κ1) is 15.4. The van der Waals surface area contributed by atoms with Crippen LogP contribution in [0.3, 0.4) is 0 Å². The molecule has 0 spiro atoms. The highest BCUT2D eigenvalue weighted by molar-refractivity contribution is 7.90. The van der Waals surface area contributed by atoms with Gasteiger partial charge in [-0.1, -0.05) is 0 Å². The van der Waals surface area contributed by atoms with Gasteiger partial charge in [-0.3, -0.25) is 4.79 Å². The number of rotatable bonds is 4. The minimum atomic E-state index is -3.29. The van der Waals surface area contributed by atoms with Crippen LogP contribution in [0, 0.1) is 5.92 Å². The van der Waals surface area contributed by atoms with Crippen LogP contribution in [0.1, 0.15) is 46.5 Å². The zero-order chi connectivity index (χ0) is 14.0. The summed E-state index contributed by atoms with van der Waals surface area (Å²) in [6.07, 6.45) is 2.42. The van der Waals surface area contributed by atoms with Crippen molar-refractivity contribution in [3.63, 3.8) is 0 Å². The topological polar surface area (TPSA) is 74.7 Å². The van der Waals surface area contributed by atoms with Crippen LogP contribution in [-0.4, -0.2) is 41.6 Å². The highest BCUT2D eigenvalue weighted by Crippen LogP contribution is 2.28. The Balaban J connectivity index is 2.67. The Morgan fingerprint density at radius 3 is 2.50 bits per heavy atom. The average Bonchev–Trinajstić information content (AvgIpc) is 2.25. The number of nitrogens with zero attached hydrogens (tertiary/aromatic N) is 1. The first-order valence-electron chi connectivity index (χ1n) is 6.36. The lowest BCUT2D eigenvalue weighted by molar-refractivity contribution is -0.137. The van der Waals surface area contributed by atoms with E-state index in [0.29, 0.717) is 19.5 Å². The van der Waals surface area contributed by atoms with Crippen molar-refractivity contribution in [3.05, 3.63) is 0 Å². The maximum Gasteiger partial charge on any atom is 0.303 e. The number of carboxylic acid groups (broad SMARTS) is 1. The van der Waals surface area contributed by atoms with Crippen LogP contribution < -0.4 is 0 Å². The summed E-state index contributed by atoms with van der Waals surface area (Å²) in [7, 11) is -3.29. The predicted octanol–water partition coefficient (Wildman–Crippen LogP) is 1.69. The van der Waals surface area contributed by atoms with Crippen molar-refractivity contribution in [2.45, 2.75) is 51.2 Å². The number of hydrogen-bond acceptors (Lipinski definition) is 3. The predicted molar refractivity (Wildman–Crippen MR) is 69.8 cm³/mol. The Labute approximate surface area is 109 Å². The Hall–Kier alpha value is -0.620. The van der Waals surface area contributed by atoms with Crippen molar-refractivity contribution in [3.8, 4) is 0 Å². The van der Waals surface area contributed by atoms with Gasteiger partial charge in [-0.2, -0.15) is 0 Å². The molecule has 0 aromatic heterocycles. The van der Waals surface area contributed by atoms with E-state index in [4.69, 9.17) is 5.11 Å². The van der Waals surface area contributed by atoms with Crippen LogP contribution in [0.15, 0.2) is 0 Å². The van der Waals surface area contributed by atoms with Gasteiger partial charge in [0, 0.05) is 19.5 Å². The minimum Gasteiger partial charge on any atom is -0.481 e. The molecule has 5 nitrogen and oxygen atoms in total. The van der Waals surface area contributed by atoms with E-state index in [2.05, 4.69) is 0 Å². The molecule has 0 bridgehead atoms. The minimum absolute atomic E-state index is 0.119. The standard InChI is InChI=1S/C12H23NO4S/c1-12(2,3)18(16,17)13-8-4-5-10(9-13)6-7-11(14)15/h10H,4-9H2,1-3H3,(H,14,15). The summed E-state index contributed by atoms with van der Waals surface area (Å²) >= 11 is 0. The van der Waals surface area contributed by atoms with Crippen LogP contribution in [-0.2, 0) is 14.8 Å². The lowest BCUT2D eigenvalue weighted by Crippen LogP contribution is -2.47. The van der Waals surface area contributed by atoms with Gasteiger partial charge in [0.05, 0.1) is 4.75 Å². The molecule has 1 saturated heterocycles. The molecule has 1 heterocycles. The number of aliphatic carboxylic acids is 1. The number of carboxylic acids is 1. The second kappa shape index (κ2) is 5.57. The monoisotopic (exact) mass is 277 g/mol. The van der Waals surface area contributed by atoms with Crippen molar-refractivity contribution in [2.75, 3.05) is 13.1 Å². The van der Waals surface area contributed by atoms with Crippen LogP contribution in [0.25, 0.3) is 0 Å². The van der Waals surface area contributed by atoms with Gasteiger partial charge in [-0.05, 0) is 46.0 Å². The van der Waals surface area contributed by atoms with Crippen LogP contribution >= 0.6 is 0 Å². The second-order valence-corrected chi connectivity index (χ2v) is 8.61. The highest BCUT2D eigenvalue weighted by atomic mass is 32.2. The van der Waals surface area contributed by atoms with Crippen LogP contribution in [0.2, 0.25) is 0 Å². The Morgan fingerprint density at radius 1 is 1.39 bits per heavy atom. The summed E-state index contributed by atoms with van der Waals surface area (Å²) in [5, 5.41) is 8.67. The quantitative estimate of drug-likeness (QED) is 0.848. The third-order valence-corrected chi connectivity index (χ3v) is 5.92. The van der Waals surface area contributed by atoms with Gasteiger partial charge in [0.1, 0.15) is 0 Å². The van der Waals surface area contributed by atoms with Crippen molar-refractivity contribution in [1.29, 1.82) is 0 Å². The maximum absolute atomic E-state index is 12.3. The van der Waals surface area contributed by atoms with Gasteiger partial charge in [0.2, 0.25) is 10.0 Å². The molecule has 1 fully saturated rings. The molecule has 18 heavy (non-hydrogen) atoms. The number of piperidine rings is 1. The molecule has 1 atom stereocenters. The van der Waals surface area contributed by atoms with E-state index in [9.17, 15) is 13.2 Å². The van der Waals surface area contributed by atoms with Gasteiger partial charge in [-0.15, -0.1) is 0 Å². The molecule has 0 saturated carbocycles. The molecule has 0 amide bonds. The molecule has 6 heteroatoms. The van der Waals surface area contributed by atoms with E-state index in [1.165, 1.54) is 4.31 Å². The smallest absolute Gasteiger partial charge is 0.303 e. The summed E-state index contributed by atoms with van der Waals surface area (Å²) in [6, 6.07) is 0. The fourth-order valence-corrected chi connectivity index (χ4v) is 3.75. The average molecular weight is 277 g/mol. The summed E-state index contributed by atoms with van der Waals surface area (Å²) in [4.78, 5) is 10.5. The number of hydrogen-bond donors (Lipinski definition) is 1. The summed E-state index contributed by atoms with van der Waals surface area (Å²) < 4.78 is 25.3. The van der Waals surface area contributed by atoms with E-state index < -0.39 is 20.7 Å². The molecule has 106 valence electrons. The Morgan fingerprint density at radius 2 is 2.00 bits per heavy atom. The molecular weight excluding hydrogens is 254 g/mol. The molecule has 1 aliphatic rings. The van der Waals surface area contributed by atoms with Crippen molar-refractivity contribution in [1.82, 2.24) is 4.31 Å². The molecule has 1 rings (SSSR count). The first-order chi connectivity index (χ1) is 8.14. The van der Waals surface area contributed by atoms with Gasteiger partial charge in [0.15, 0.2) is 0 Å². The van der Waals surface area contributed by atoms with Crippen molar-refractivity contribution >= 4 is 16.0 Å². The molecule has 0 aromatic rings. The van der Waals surface area contributed by atoms with E-state index >= 15 is 0 Å². The van der Waals surface area contributed by atoms with Crippen LogP contribution in [0.5, 0.6) is 0 Å². The van der Waals surface area contributed by atoms with E-state index in [0.717, 1.165) is 12.8 Å². The van der Waals surface area contributed by atoms with E-state index in [-0.39, 0.29) is 12.3 Å². The van der Waals surface area contributed by atoms with Gasteiger partial charge in [-0.25, -0.2) is 12.7 Å². The summed E-state index contributed by atoms with van der Waals surface area (Å²) in [6.45, 7) is 6.12. The Kier molecular flexibility index (Phi) is 4.78. The van der Waals surface area contributed by atoms with Crippen LogP contribution in [0.4, 0.5) is 0 Å². The molecule has 1 N–H and O–H groups in total. The lowest BCUT2D eigenvalue weighted by Gasteiger charge is -2.36. The third-order valence-electron chi connectivity index (χ3n) is 3.36. The third kappa shape index (κ3) is 3.68. The maximum atomic E-state index is 12.3. The number of sulfonamides is 1. The zero-order valence-corrected chi connectivity index (χ0v) is 12.2. The molecule has 1 aliphatic heterocycles. The van der Waals surface area contributed by atoms with Crippen molar-refractivity contribution < 1.29 is 18.3 Å². The van der Waals surface area contributed by atoms with Gasteiger partial charge < -0.3 is 5.11 Å². The lowest BCUT2D eigenvalue weighted by atomic mass is 9.95. The number of carbonyl (C=O) groups is 1. The molecule has 0 aliphatic carbocycles. The second-order valence-electron chi connectivity index (χ2n) is 5.92. The SMILES string of the molecule is CC(C)(C)S(=O)(=O)N1CCCC(CCC(=O)O)C1. The molecule has 1 unspecified atom stereocenters. The fourth-order valence-electron chi connectivity index (χ4n) is 2.20. The van der Waals surface area contributed by atoms with Crippen molar-refractivity contribution in [2.24, 2.45) is 5.92 Å². The normalized spacial score (nSPS) is 22.9. The molecule has 0 radical (unpaired) electrons. The first-order valence-corrected chi connectivity index (χ1v) is 7.80. The van der Waals surface area contributed by atoms with Gasteiger partial charge in [0.25, 0.3) is 0 Å². The van der Waals surface area contributed by atoms with E-state index in [1.54, 1.807) is 20.8 Å². The summed E-state index contributed by atoms with van der Waals surface area (Å²) in [5.74, 6) is -0.641. The molecular formula is C12H23NO4S. The Bertz CT molecular complexity index is 397. The largest absolute Gasteiger partial charge is 0.481 e. The summed E-state index contributed by atoms with van der Waals surface area (Å²) in [5.41, 5.74) is 0. The van der Waals surface area contributed by atoms with Gasteiger partial charge >= 0.3 is 5.97 Å². The zero-order valence-electron chi connectivity index (χ0n) is 11.3. The highest BCUT2D eigenvalue weighted by Gasteiger charge is 2.37.